The van der Waals surface area contributed by atoms with Crippen molar-refractivity contribution in [2.24, 2.45) is 23.5 Å². The van der Waals surface area contributed by atoms with E-state index in [0.29, 0.717) is 34.4 Å². The number of imide groups is 1. The molecular formula is C47H50FN5O8. The number of nitrogens with two attached hydrogens (primary N) is 1. The van der Waals surface area contributed by atoms with E-state index in [1.165, 1.54) is 18.7 Å². The van der Waals surface area contributed by atoms with E-state index in [1.807, 2.05) is 31.2 Å². The number of rotatable bonds is 16. The fraction of sp³-hybridized carbons (Fsp3) is 0.404. The summed E-state index contributed by atoms with van der Waals surface area (Å²) in [6.07, 6.45) is 8.79. The van der Waals surface area contributed by atoms with Gasteiger partial charge in [-0.2, -0.15) is 0 Å². The lowest BCUT2D eigenvalue weighted by Gasteiger charge is -2.25. The molecule has 5 N–H and O–H groups in total. The molecule has 14 heteroatoms. The van der Waals surface area contributed by atoms with E-state index < -0.39 is 47.5 Å². The van der Waals surface area contributed by atoms with Crippen LogP contribution in [0.15, 0.2) is 60.8 Å². The molecule has 3 aliphatic rings. The molecular weight excluding hydrogens is 782 g/mol. The van der Waals surface area contributed by atoms with E-state index in [4.69, 9.17) is 19.9 Å². The lowest BCUT2D eigenvalue weighted by atomic mass is 9.82. The summed E-state index contributed by atoms with van der Waals surface area (Å²) >= 11 is 0. The normalized spacial score (nSPS) is 20.9. The molecule has 318 valence electrons. The van der Waals surface area contributed by atoms with Crippen LogP contribution in [0, 0.1) is 29.6 Å². The number of fused-ring (bicyclic) bond motifs is 2. The van der Waals surface area contributed by atoms with Crippen LogP contribution in [0.25, 0.3) is 10.8 Å². The predicted molar refractivity (Wildman–Crippen MR) is 225 cm³/mol. The van der Waals surface area contributed by atoms with E-state index in [2.05, 4.69) is 32.8 Å². The number of primary amides is 1. The summed E-state index contributed by atoms with van der Waals surface area (Å²) in [5.41, 5.74) is 7.81. The summed E-state index contributed by atoms with van der Waals surface area (Å²) in [4.78, 5) is 65.2. The minimum Gasteiger partial charge on any atom is -0.496 e. The van der Waals surface area contributed by atoms with E-state index >= 15 is 0 Å². The maximum absolute atomic E-state index is 14.4. The van der Waals surface area contributed by atoms with Gasteiger partial charge < -0.3 is 30.6 Å². The molecule has 0 unspecified atom stereocenters. The minimum atomic E-state index is -1.58. The fourth-order valence-corrected chi connectivity index (χ4v) is 8.40. The number of hydrogen-bond donors (Lipinski definition) is 4. The number of methoxy groups -OCH3 is 1. The van der Waals surface area contributed by atoms with Crippen LogP contribution in [0.2, 0.25) is 0 Å². The Morgan fingerprint density at radius 2 is 1.75 bits per heavy atom. The highest BCUT2D eigenvalue weighted by Gasteiger charge is 2.42. The number of aromatic nitrogens is 1. The maximum atomic E-state index is 14.4. The Labute approximate surface area is 353 Å². The molecule has 1 aliphatic carbocycles. The lowest BCUT2D eigenvalue weighted by Crippen LogP contribution is -2.42. The first-order valence-electron chi connectivity index (χ1n) is 20.9. The Bertz CT molecular complexity index is 2380. The molecule has 1 saturated heterocycles. The van der Waals surface area contributed by atoms with Crippen molar-refractivity contribution in [3.05, 3.63) is 88.6 Å². The summed E-state index contributed by atoms with van der Waals surface area (Å²) < 4.78 is 31.9. The topological polar surface area (TPSA) is 188 Å². The van der Waals surface area contributed by atoms with Crippen molar-refractivity contribution in [2.45, 2.75) is 76.9 Å². The molecule has 3 heterocycles. The summed E-state index contributed by atoms with van der Waals surface area (Å²) in [6, 6.07) is 15.1. The second-order valence-corrected chi connectivity index (χ2v) is 15.9. The largest absolute Gasteiger partial charge is 0.496 e. The van der Waals surface area contributed by atoms with Crippen molar-refractivity contribution in [3.8, 4) is 35.0 Å². The smallest absolute Gasteiger partial charge is 0.299 e. The second-order valence-electron chi connectivity index (χ2n) is 15.9. The number of nitrogens with zero attached hydrogens (tertiary/aromatic N) is 1. The first-order chi connectivity index (χ1) is 29.5. The average molecular weight is 832 g/mol. The number of amides is 4. The summed E-state index contributed by atoms with van der Waals surface area (Å²) in [5, 5.41) is 9.60. The van der Waals surface area contributed by atoms with Gasteiger partial charge >= 0.3 is 0 Å². The molecule has 61 heavy (non-hydrogen) atoms. The number of aryl methyl sites for hydroxylation is 1. The quantitative estimate of drug-likeness (QED) is 0.0452. The van der Waals surface area contributed by atoms with Crippen molar-refractivity contribution in [1.29, 1.82) is 0 Å². The molecule has 3 atom stereocenters. The Morgan fingerprint density at radius 1 is 0.967 bits per heavy atom. The number of ketones is 1. The molecule has 3 aromatic carbocycles. The number of ether oxygens (including phenoxy) is 3. The highest BCUT2D eigenvalue weighted by atomic mass is 19.1. The minimum absolute atomic E-state index is 0.0323. The first kappa shape index (κ1) is 42.8. The molecule has 1 saturated carbocycles. The summed E-state index contributed by atoms with van der Waals surface area (Å²) in [5.74, 6) is 4.74. The number of benzene rings is 3. The van der Waals surface area contributed by atoms with Crippen molar-refractivity contribution >= 4 is 40.2 Å². The molecule has 2 aliphatic heterocycles. The van der Waals surface area contributed by atoms with Crippen LogP contribution < -0.4 is 35.9 Å². The number of pyridine rings is 1. The number of halogens is 1. The predicted octanol–water partition coefficient (Wildman–Crippen LogP) is 5.99. The van der Waals surface area contributed by atoms with Gasteiger partial charge in [0.2, 0.25) is 5.88 Å². The van der Waals surface area contributed by atoms with Gasteiger partial charge in [0.15, 0.2) is 6.17 Å². The van der Waals surface area contributed by atoms with Crippen LogP contribution in [0.3, 0.4) is 0 Å². The molecule has 4 aromatic rings. The molecule has 0 spiro atoms. The van der Waals surface area contributed by atoms with Gasteiger partial charge in [0, 0.05) is 34.4 Å². The van der Waals surface area contributed by atoms with Gasteiger partial charge in [-0.05, 0) is 112 Å². The van der Waals surface area contributed by atoms with Gasteiger partial charge in [-0.15, -0.1) is 0 Å². The van der Waals surface area contributed by atoms with Gasteiger partial charge in [-0.25, -0.2) is 9.37 Å². The SMILES string of the molecule is CC[C@@H]1[C@H](F)C(=O)N[C@@H]1COc1ncc(C#C[C@H]2CC[C@H](CNCCCCCc3ccc(Oc4cccc5c4C(=O)NC(=O)C5=O)cc3)CC2)c2cc(C(N)=O)c(OC)cc12. The molecule has 4 amide bonds. The van der Waals surface area contributed by atoms with Crippen LogP contribution in [-0.2, 0) is 16.0 Å². The van der Waals surface area contributed by atoms with E-state index in [9.17, 15) is 28.4 Å². The Balaban J connectivity index is 0.848. The average Bonchev–Trinajstić information content (AvgIpc) is 3.54. The standard InChI is InChI=1S/C47H50FN5O8/c1-3-32-37(52-45(57)41(32)48)26-60-47-35-23-39(59-2)36(43(49)55)22-34(35)30(25-51-47)18-15-28-11-13-29(14-12-28)24-50-21-6-4-5-8-27-16-19-31(20-17-27)61-38-10-7-9-33-40(38)44(56)53-46(58)42(33)54/h7,9-10,16-17,19-20,22-23,25,28-29,32,37,41,50H,3-6,8,11-14,21,24,26H2,1-2H3,(H2,49,55)(H,52,57)(H,53,56,58)/t28-,29-,32-,37+,41-/m0/s1. The molecule has 1 aromatic heterocycles. The number of unbranched alkanes of at least 4 members (excludes halogenated alkanes) is 2. The van der Waals surface area contributed by atoms with Crippen LogP contribution in [0.1, 0.15) is 100 Å². The number of hydrogen-bond acceptors (Lipinski definition) is 10. The van der Waals surface area contributed by atoms with Crippen LogP contribution in [-0.4, -0.2) is 73.4 Å². The van der Waals surface area contributed by atoms with Gasteiger partial charge in [0.1, 0.15) is 23.9 Å². The molecule has 7 rings (SSSR count). The van der Waals surface area contributed by atoms with Crippen molar-refractivity contribution in [1.82, 2.24) is 20.9 Å². The molecule has 13 nitrogen and oxygen atoms in total. The third-order valence-electron chi connectivity index (χ3n) is 11.9. The number of alkyl halides is 1. The first-order valence-corrected chi connectivity index (χ1v) is 20.9. The Hall–Kier alpha value is -6.33. The van der Waals surface area contributed by atoms with Gasteiger partial charge in [0.25, 0.3) is 29.4 Å². The zero-order valence-electron chi connectivity index (χ0n) is 34.3. The van der Waals surface area contributed by atoms with Crippen LogP contribution in [0.4, 0.5) is 4.39 Å². The van der Waals surface area contributed by atoms with E-state index in [1.54, 1.807) is 30.5 Å². The monoisotopic (exact) mass is 831 g/mol. The Morgan fingerprint density at radius 3 is 2.49 bits per heavy atom. The van der Waals surface area contributed by atoms with Crippen molar-refractivity contribution in [2.75, 3.05) is 26.8 Å². The highest BCUT2D eigenvalue weighted by molar-refractivity contribution is 6.49. The van der Waals surface area contributed by atoms with E-state index in [-0.39, 0.29) is 46.6 Å². The Kier molecular flexibility index (Phi) is 13.6. The maximum Gasteiger partial charge on any atom is 0.299 e. The second kappa shape index (κ2) is 19.4. The van der Waals surface area contributed by atoms with Crippen molar-refractivity contribution in [3.63, 3.8) is 0 Å². The fourth-order valence-electron chi connectivity index (χ4n) is 8.40. The lowest BCUT2D eigenvalue weighted by molar-refractivity contribution is -0.124. The number of Topliss-reactive ketones (excluding diaryl/α,β-unsaturated/α-hetero) is 1. The zero-order chi connectivity index (χ0) is 43.0. The van der Waals surface area contributed by atoms with Crippen LogP contribution in [0.5, 0.6) is 23.1 Å². The third kappa shape index (κ3) is 9.84. The summed E-state index contributed by atoms with van der Waals surface area (Å²) in [6.45, 7) is 3.80. The van der Waals surface area contributed by atoms with Gasteiger partial charge in [0.05, 0.1) is 29.8 Å². The third-order valence-corrected chi connectivity index (χ3v) is 11.9. The van der Waals surface area contributed by atoms with Crippen molar-refractivity contribution < 1.29 is 42.6 Å². The van der Waals surface area contributed by atoms with E-state index in [0.717, 1.165) is 64.5 Å². The van der Waals surface area contributed by atoms with Crippen LogP contribution >= 0.6 is 0 Å². The van der Waals surface area contributed by atoms with Gasteiger partial charge in [-0.1, -0.05) is 43.4 Å². The zero-order valence-corrected chi connectivity index (χ0v) is 34.3. The molecule has 2 fully saturated rings. The molecule has 0 radical (unpaired) electrons. The van der Waals surface area contributed by atoms with Gasteiger partial charge in [-0.3, -0.25) is 29.3 Å². The summed E-state index contributed by atoms with van der Waals surface area (Å²) in [7, 11) is 1.45. The number of carbonyl (C=O) groups excluding carboxylic acids is 5. The number of nitrogens with one attached hydrogen (secondary N) is 3. The number of carbonyl (C=O) groups is 5. The molecule has 0 bridgehead atoms. The highest BCUT2D eigenvalue weighted by Crippen LogP contribution is 2.35.